The van der Waals surface area contributed by atoms with E-state index in [1.807, 2.05) is 0 Å². The number of ether oxygens (including phenoxy) is 16. The number of hydrogen-bond donors (Lipinski definition) is 7. The molecule has 28 atom stereocenters. The Morgan fingerprint density at radius 2 is 0.715 bits per heavy atom. The number of methoxy groups -OCH3 is 5. The Labute approximate surface area is 828 Å². The fourth-order valence-corrected chi connectivity index (χ4v) is 22.6. The second-order valence-electron chi connectivity index (χ2n) is 32.9. The number of aryl methyl sites for hydroxylation is 4. The Kier molecular flexibility index (Phi) is 37.9. The van der Waals surface area contributed by atoms with Crippen LogP contribution in [0.5, 0.6) is 0 Å². The average molecular weight is 2190 g/mol. The molecule has 0 aliphatic carbocycles. The molecule has 6 aliphatic heterocycles. The molecular weight excluding hydrogens is 2090 g/mol. The van der Waals surface area contributed by atoms with Gasteiger partial charge in [0, 0.05) is 89.0 Å². The van der Waals surface area contributed by atoms with Crippen LogP contribution in [0.25, 0.3) is 22.3 Å². The van der Waals surface area contributed by atoms with Crippen LogP contribution < -0.4 is 76.0 Å². The highest BCUT2D eigenvalue weighted by Gasteiger charge is 2.57. The van der Waals surface area contributed by atoms with Crippen molar-refractivity contribution in [2.75, 3.05) is 146 Å². The van der Waals surface area contributed by atoms with Gasteiger partial charge in [-0.2, -0.15) is 0 Å². The molecule has 798 valence electrons. The number of nitrogens with one attached hydrogen (secondary N) is 4. The first-order valence-electron chi connectivity index (χ1n) is 44.0. The van der Waals surface area contributed by atoms with E-state index in [9.17, 15) is 48.4 Å². The highest BCUT2D eigenvalue weighted by molar-refractivity contribution is 8.32. The highest BCUT2D eigenvalue weighted by atomic mass is 32.7. The Hall–Kier alpha value is -7.48. The van der Waals surface area contributed by atoms with Crippen LogP contribution in [0, 0.1) is 27.7 Å². The number of aromatic nitrogens is 16. The summed E-state index contributed by atoms with van der Waals surface area (Å²) in [4.78, 5) is 199. The van der Waals surface area contributed by atoms with Gasteiger partial charge in [0.1, 0.15) is 135 Å². The minimum Gasteiger partial charge on any atom is -0.780 e. The van der Waals surface area contributed by atoms with Gasteiger partial charge in [0.2, 0.25) is 0 Å². The fourth-order valence-electron chi connectivity index (χ4n) is 16.4. The number of rotatable bonds is 52. The Morgan fingerprint density at radius 1 is 0.403 bits per heavy atom. The molecule has 9 N–H and O–H groups in total. The summed E-state index contributed by atoms with van der Waals surface area (Å²) in [6.07, 6.45) is -29.8. The van der Waals surface area contributed by atoms with Crippen molar-refractivity contribution in [3.63, 3.8) is 0 Å². The SMILES string of the molecule is CC[C@H]1O[C@@H](n2cc(C)c(=O)[nH]c2=O)CC1OP([O-])(=S)OC[C@H]1O[C@@H](n2cc(C)c(=O)[nH]c2=O)[C@@H](OCCOC)C1OP(=O)([O-])OC[C@H]1O[C@@H](n2cc(C)c(=O)[nH]c2=O)[C@@H](OCCOC)C1OP(=O)([O-])OC[C@H]1O[C@@H](n2cnc3c(N)ncnc32)[C@@H](OCCOC)C1OP(=O)([S-])OC[C@H]1O[C@@H](n2cc(C)c(=O)[nH]c2=O)[C@@H](OCCOC)C1OP([O-])(=S)OC[C@H]1O[C@@H](n2cnc3c(N)ncnc32)[C@@H](OCCOC)C1O. The minimum absolute atomic E-state index is 0.0118. The highest BCUT2D eigenvalue weighted by Crippen LogP contribution is 2.56. The summed E-state index contributed by atoms with van der Waals surface area (Å²) < 4.78 is 206. The summed E-state index contributed by atoms with van der Waals surface area (Å²) in [5.74, 6) is -0.139. The Balaban J connectivity index is 0.755. The van der Waals surface area contributed by atoms with Gasteiger partial charge in [-0.15, -0.1) is 0 Å². The van der Waals surface area contributed by atoms with Gasteiger partial charge in [-0.1, -0.05) is 30.5 Å². The van der Waals surface area contributed by atoms with Crippen LogP contribution in [0.3, 0.4) is 0 Å². The van der Waals surface area contributed by atoms with Gasteiger partial charge in [0.25, 0.3) is 37.9 Å². The maximum absolute atomic E-state index is 15.6. The molecule has 6 aliphatic rings. The molecule has 6 fully saturated rings. The third kappa shape index (κ3) is 26.6. The molecule has 0 radical (unpaired) electrons. The molecule has 68 heteroatoms. The molecule has 8 aromatic heterocycles. The van der Waals surface area contributed by atoms with E-state index in [4.69, 9.17) is 168 Å². The van der Waals surface area contributed by atoms with Crippen LogP contribution in [0.4, 0.5) is 11.6 Å². The fraction of sp³-hybridized carbons (Fsp3) is 0.658. The quantitative estimate of drug-likeness (QED) is 0.0108. The van der Waals surface area contributed by atoms with Crippen LogP contribution in [0.2, 0.25) is 0 Å². The van der Waals surface area contributed by atoms with Gasteiger partial charge in [-0.3, -0.25) is 80.2 Å². The van der Waals surface area contributed by atoms with Gasteiger partial charge < -0.3 is 169 Å². The largest absolute Gasteiger partial charge is 0.780 e. The normalized spacial score (nSPS) is 29.3. The molecule has 0 bridgehead atoms. The average Bonchev–Trinajstić information content (AvgIpc) is 1.62. The number of aliphatic hydroxyl groups is 1. The summed E-state index contributed by atoms with van der Waals surface area (Å²) in [7, 11) is -5.82. The lowest BCUT2D eigenvalue weighted by Crippen LogP contribution is -2.43. The predicted octanol–water partition coefficient (Wildman–Crippen LogP) is -4.26. The summed E-state index contributed by atoms with van der Waals surface area (Å²) in [5.41, 5.74) is 5.03. The lowest BCUT2D eigenvalue weighted by atomic mass is 10.1. The first kappa shape index (κ1) is 112. The molecule has 14 heterocycles. The number of phosphoric ester groups is 2. The van der Waals surface area contributed by atoms with E-state index in [1.54, 1.807) is 6.92 Å². The topological polar surface area (TPSA) is 762 Å². The van der Waals surface area contributed by atoms with E-state index in [-0.39, 0.29) is 122 Å². The van der Waals surface area contributed by atoms with Crippen molar-refractivity contribution in [3.05, 3.63) is 156 Å². The standard InChI is InChI=1S/C76H109N18O42P5S3/c1-11-40-41(22-47(126-40)89-23-36(2)64(96)85-73(89)100)132-139(108,142)124-30-45-52(57(118-19-14-113-8)70(129-45)91-25-38(4)66(98)87-75(91)102)134-137(104,105)121-28-43-51(56(117-18-13-112-7)69(128-43)90-24-37(3)65(97)86-74(90)101)133-138(106,107)122-29-44-53(59(120-21-16-115-10)72(131-44)94-35-84-49-61(78)80-33-82-63(49)94)135-141(110,144)125-31-46-54(58(119-20-15-114-9)71(130-46)92-26-39(5)67(99)88-76(92)103)136-140(109,143)123-27-42-50(95)55(116-17-12-111-6)68(127-42)93-34-83-48-60(77)79-32-81-62(48)93/h23-26,32-35,40-47,50-59,68-72,95H,11-22,27-31H2,1-10H3,(H,104,105)(H,106,107)(H,108,142)(H,109,143)(H,110,144)(H2,77,79,81)(H2,78,80,82)(H,85,96,100)(H,86,97,101)(H,87,98,102)(H,88,99,103)/p-5/t40-,41?,42-,43-,44-,45-,46-,47-,50?,51?,52?,53?,54?,55+,56+,57+,58+,59+,68-,69-,70-,71-,72-,139?,140?,141?/m1/s1. The Bertz CT molecular complexity index is 6580. The molecule has 0 aromatic carbocycles. The molecule has 0 saturated carbocycles. The van der Waals surface area contributed by atoms with Gasteiger partial charge in [-0.25, -0.2) is 49.1 Å². The third-order valence-corrected chi connectivity index (χ3v) is 29.9. The number of phosphoric acid groups is 2. The lowest BCUT2D eigenvalue weighted by molar-refractivity contribution is -0.241. The number of aromatic amines is 4. The minimum atomic E-state index is -6.24. The second-order valence-corrected chi connectivity index (χ2v) is 43.8. The summed E-state index contributed by atoms with van der Waals surface area (Å²) in [5, 5.41) is 11.9. The number of nitrogens with zero attached hydrogens (tertiary/aromatic N) is 12. The van der Waals surface area contributed by atoms with Crippen molar-refractivity contribution in [1.82, 2.24) is 77.2 Å². The number of nitrogen functional groups attached to an aromatic ring is 2. The van der Waals surface area contributed by atoms with Crippen LogP contribution in [-0.2, 0) is 171 Å². The van der Waals surface area contributed by atoms with Gasteiger partial charge in [0.05, 0.1) is 124 Å². The van der Waals surface area contributed by atoms with E-state index in [2.05, 4.69) is 49.8 Å². The van der Waals surface area contributed by atoms with Gasteiger partial charge >= 0.3 is 22.8 Å². The molecular formula is C76H104N18O42P5S3-5. The van der Waals surface area contributed by atoms with E-state index < -0.39 is 268 Å². The van der Waals surface area contributed by atoms with Crippen molar-refractivity contribution >= 4 is 106 Å². The molecule has 60 nitrogen and oxygen atoms in total. The zero-order valence-electron chi connectivity index (χ0n) is 78.1. The number of fused-ring (bicyclic) bond motifs is 2. The summed E-state index contributed by atoms with van der Waals surface area (Å²) in [6.45, 7) is -16.3. The van der Waals surface area contributed by atoms with E-state index >= 15 is 28.4 Å². The molecule has 144 heavy (non-hydrogen) atoms. The van der Waals surface area contributed by atoms with Crippen molar-refractivity contribution in [1.29, 1.82) is 0 Å². The second kappa shape index (κ2) is 48.6. The van der Waals surface area contributed by atoms with E-state index in [0.29, 0.717) is 0 Å². The number of hydrogen-bond acceptors (Lipinski definition) is 53. The number of H-pyrrole nitrogens is 4. The number of nitrogens with two attached hydrogens (primary N) is 2. The van der Waals surface area contributed by atoms with Crippen molar-refractivity contribution in [2.45, 2.75) is 189 Å². The monoisotopic (exact) mass is 2190 g/mol. The van der Waals surface area contributed by atoms with Gasteiger partial charge in [0.15, 0.2) is 60.9 Å². The zero-order chi connectivity index (χ0) is 104. The molecule has 0 spiro atoms. The predicted molar refractivity (Wildman–Crippen MR) is 489 cm³/mol. The summed E-state index contributed by atoms with van der Waals surface area (Å²) in [6, 6.07) is 0. The summed E-state index contributed by atoms with van der Waals surface area (Å²) >= 11 is 16.7. The van der Waals surface area contributed by atoms with Crippen LogP contribution in [0.1, 0.15) is 79.4 Å². The first-order chi connectivity index (χ1) is 68.5. The molecule has 14 rings (SSSR count). The zero-order valence-corrected chi connectivity index (χ0v) is 85.0. The first-order valence-corrected chi connectivity index (χ1v) is 54.6. The maximum atomic E-state index is 15.6. The van der Waals surface area contributed by atoms with E-state index in [0.717, 1.165) is 49.5 Å². The third-order valence-electron chi connectivity index (χ3n) is 23.3. The van der Waals surface area contributed by atoms with E-state index in [1.165, 1.54) is 91.2 Å². The molecule has 11 unspecified atom stereocenters. The molecule has 0 amide bonds. The van der Waals surface area contributed by atoms with Crippen LogP contribution >= 0.6 is 35.9 Å². The van der Waals surface area contributed by atoms with Crippen LogP contribution in [0.15, 0.2) is 88.5 Å². The van der Waals surface area contributed by atoms with Crippen molar-refractivity contribution in [3.8, 4) is 0 Å². The van der Waals surface area contributed by atoms with Crippen molar-refractivity contribution in [2.24, 2.45) is 0 Å². The number of imidazole rings is 2. The number of aliphatic hydroxyl groups excluding tert-OH is 1. The molecule has 8 aromatic rings. The Morgan fingerprint density at radius 3 is 1.10 bits per heavy atom. The number of anilines is 2. The maximum Gasteiger partial charge on any atom is 0.330 e. The lowest BCUT2D eigenvalue weighted by Gasteiger charge is -2.36. The smallest absolute Gasteiger partial charge is 0.330 e. The van der Waals surface area contributed by atoms with Crippen LogP contribution in [-0.4, -0.2) is 321 Å². The molecule has 6 saturated heterocycles. The van der Waals surface area contributed by atoms with Gasteiger partial charge in [-0.05, 0) is 34.1 Å². The van der Waals surface area contributed by atoms with Crippen molar-refractivity contribution < 1.29 is 159 Å².